The van der Waals surface area contributed by atoms with E-state index in [1.165, 1.54) is 5.56 Å². The molecule has 110 valence electrons. The molecular formula is C16H24N2OS. The lowest BCUT2D eigenvalue weighted by atomic mass is 9.88. The molecule has 0 aliphatic carbocycles. The Morgan fingerprint density at radius 1 is 1.40 bits per heavy atom. The van der Waals surface area contributed by atoms with Gasteiger partial charge in [0.05, 0.1) is 4.99 Å². The number of nitrogens with two attached hydrogens (primary N) is 1. The molecule has 1 aromatic rings. The van der Waals surface area contributed by atoms with Crippen molar-refractivity contribution in [2.75, 3.05) is 19.7 Å². The van der Waals surface area contributed by atoms with Crippen LogP contribution >= 0.6 is 12.2 Å². The number of para-hydroxylation sites is 1. The maximum Gasteiger partial charge on any atom is 0.123 e. The Kier molecular flexibility index (Phi) is 5.00. The lowest BCUT2D eigenvalue weighted by molar-refractivity contribution is 0.217. The fourth-order valence-corrected chi connectivity index (χ4v) is 2.54. The Bertz CT molecular complexity index is 473. The number of hydrogen-bond donors (Lipinski definition) is 1. The van der Waals surface area contributed by atoms with Crippen molar-refractivity contribution in [1.82, 2.24) is 4.90 Å². The lowest BCUT2D eigenvalue weighted by Crippen LogP contribution is -2.32. The number of nitrogens with zero attached hydrogens (tertiary/aromatic N) is 1. The van der Waals surface area contributed by atoms with Crippen LogP contribution in [0.5, 0.6) is 5.75 Å². The summed E-state index contributed by atoms with van der Waals surface area (Å²) in [5.74, 6) is 1.03. The monoisotopic (exact) mass is 292 g/mol. The molecule has 0 radical (unpaired) electrons. The number of rotatable bonds is 5. The van der Waals surface area contributed by atoms with Gasteiger partial charge < -0.3 is 10.5 Å². The van der Waals surface area contributed by atoms with E-state index in [2.05, 4.69) is 36.9 Å². The maximum absolute atomic E-state index is 5.78. The van der Waals surface area contributed by atoms with Crippen LogP contribution in [0.3, 0.4) is 0 Å². The van der Waals surface area contributed by atoms with E-state index in [1.807, 2.05) is 6.07 Å². The summed E-state index contributed by atoms with van der Waals surface area (Å²) in [4.78, 5) is 3.06. The van der Waals surface area contributed by atoms with E-state index in [4.69, 9.17) is 22.7 Å². The fourth-order valence-electron chi connectivity index (χ4n) is 2.44. The van der Waals surface area contributed by atoms with Gasteiger partial charge in [0, 0.05) is 24.1 Å². The predicted octanol–water partition coefficient (Wildman–Crippen LogP) is 2.97. The Morgan fingerprint density at radius 3 is 2.90 bits per heavy atom. The van der Waals surface area contributed by atoms with Crippen LogP contribution in [0, 0.1) is 5.41 Å². The maximum atomic E-state index is 5.78. The highest BCUT2D eigenvalue weighted by atomic mass is 32.1. The quantitative estimate of drug-likeness (QED) is 0.847. The van der Waals surface area contributed by atoms with Crippen molar-refractivity contribution in [3.63, 3.8) is 0 Å². The molecule has 1 aliphatic heterocycles. The topological polar surface area (TPSA) is 38.5 Å². The molecule has 2 rings (SSSR count). The minimum absolute atomic E-state index is 0.0460. The molecule has 1 aromatic carbocycles. The first-order chi connectivity index (χ1) is 9.49. The number of thiocarbonyl (C=S) groups is 1. The van der Waals surface area contributed by atoms with Crippen molar-refractivity contribution < 1.29 is 4.74 Å². The van der Waals surface area contributed by atoms with E-state index in [0.29, 0.717) is 4.99 Å². The third-order valence-corrected chi connectivity index (χ3v) is 4.53. The van der Waals surface area contributed by atoms with Gasteiger partial charge in [-0.25, -0.2) is 0 Å². The van der Waals surface area contributed by atoms with Crippen molar-refractivity contribution in [2.24, 2.45) is 11.1 Å². The molecule has 0 saturated heterocycles. The zero-order valence-electron chi connectivity index (χ0n) is 12.4. The number of fused-ring (bicyclic) bond motifs is 1. The minimum atomic E-state index is -0.0460. The van der Waals surface area contributed by atoms with Crippen LogP contribution in [0.15, 0.2) is 24.3 Å². The largest absolute Gasteiger partial charge is 0.492 e. The summed E-state index contributed by atoms with van der Waals surface area (Å²) < 4.78 is 5.78. The van der Waals surface area contributed by atoms with Gasteiger partial charge in [-0.2, -0.15) is 0 Å². The van der Waals surface area contributed by atoms with Gasteiger partial charge >= 0.3 is 0 Å². The Balaban J connectivity index is 1.87. The van der Waals surface area contributed by atoms with Crippen LogP contribution in [0.1, 0.15) is 32.3 Å². The molecule has 0 aromatic heterocycles. The van der Waals surface area contributed by atoms with E-state index < -0.39 is 0 Å². The molecule has 0 unspecified atom stereocenters. The van der Waals surface area contributed by atoms with Gasteiger partial charge in [0.15, 0.2) is 0 Å². The van der Waals surface area contributed by atoms with Crippen molar-refractivity contribution in [3.05, 3.63) is 29.8 Å². The average Bonchev–Trinajstić information content (AvgIpc) is 2.60. The molecule has 2 N–H and O–H groups in total. The zero-order valence-corrected chi connectivity index (χ0v) is 13.2. The standard InChI is InChI=1S/C16H24N2OS/c1-16(2,15(17)20)8-5-9-18-10-11-19-14-7-4-3-6-13(14)12-18/h3-4,6-7H,5,8-12H2,1-2H3,(H2,17,20). The molecular weight excluding hydrogens is 268 g/mol. The van der Waals surface area contributed by atoms with Gasteiger partial charge in [0.25, 0.3) is 0 Å². The Hall–Kier alpha value is -1.13. The molecule has 0 spiro atoms. The van der Waals surface area contributed by atoms with Crippen molar-refractivity contribution in [1.29, 1.82) is 0 Å². The number of hydrogen-bond acceptors (Lipinski definition) is 3. The van der Waals surface area contributed by atoms with Crippen LogP contribution in [0.2, 0.25) is 0 Å². The summed E-state index contributed by atoms with van der Waals surface area (Å²) in [6.07, 6.45) is 2.13. The first-order valence-corrected chi connectivity index (χ1v) is 7.63. The molecule has 0 atom stereocenters. The van der Waals surface area contributed by atoms with E-state index in [-0.39, 0.29) is 5.41 Å². The number of ether oxygens (including phenoxy) is 1. The smallest absolute Gasteiger partial charge is 0.123 e. The van der Waals surface area contributed by atoms with Gasteiger partial charge in [-0.15, -0.1) is 0 Å². The molecule has 0 amide bonds. The van der Waals surface area contributed by atoms with Gasteiger partial charge in [-0.3, -0.25) is 4.90 Å². The molecule has 0 fully saturated rings. The van der Waals surface area contributed by atoms with Gasteiger partial charge in [-0.05, 0) is 25.5 Å². The summed E-state index contributed by atoms with van der Waals surface area (Å²) in [6.45, 7) is 8.00. The summed E-state index contributed by atoms with van der Waals surface area (Å²) in [6, 6.07) is 8.29. The Morgan fingerprint density at radius 2 is 2.15 bits per heavy atom. The van der Waals surface area contributed by atoms with Crippen LogP contribution < -0.4 is 10.5 Å². The van der Waals surface area contributed by atoms with E-state index in [0.717, 1.165) is 44.8 Å². The number of benzene rings is 1. The van der Waals surface area contributed by atoms with Crippen molar-refractivity contribution in [2.45, 2.75) is 33.2 Å². The van der Waals surface area contributed by atoms with Crippen molar-refractivity contribution in [3.8, 4) is 5.75 Å². The molecule has 4 heteroatoms. The first kappa shape index (κ1) is 15.3. The molecule has 0 saturated carbocycles. The van der Waals surface area contributed by atoms with Crippen LogP contribution in [0.4, 0.5) is 0 Å². The van der Waals surface area contributed by atoms with Crippen LogP contribution in [0.25, 0.3) is 0 Å². The van der Waals surface area contributed by atoms with E-state index in [9.17, 15) is 0 Å². The van der Waals surface area contributed by atoms with Gasteiger partial charge in [0.1, 0.15) is 12.4 Å². The summed E-state index contributed by atoms with van der Waals surface area (Å²) >= 11 is 5.12. The third-order valence-electron chi connectivity index (χ3n) is 3.97. The normalized spacial score (nSPS) is 16.1. The highest BCUT2D eigenvalue weighted by molar-refractivity contribution is 7.80. The van der Waals surface area contributed by atoms with Gasteiger partial charge in [-0.1, -0.05) is 44.3 Å². The second kappa shape index (κ2) is 6.55. The summed E-state index contributed by atoms with van der Waals surface area (Å²) in [5.41, 5.74) is 7.01. The second-order valence-corrected chi connectivity index (χ2v) is 6.52. The fraction of sp³-hybridized carbons (Fsp3) is 0.562. The predicted molar refractivity (Wildman–Crippen MR) is 87.0 cm³/mol. The Labute approximate surface area is 127 Å². The molecule has 3 nitrogen and oxygen atoms in total. The molecule has 1 aliphatic rings. The van der Waals surface area contributed by atoms with E-state index in [1.54, 1.807) is 0 Å². The summed E-state index contributed by atoms with van der Waals surface area (Å²) in [5, 5.41) is 0. The molecule has 20 heavy (non-hydrogen) atoms. The average molecular weight is 292 g/mol. The highest BCUT2D eigenvalue weighted by Gasteiger charge is 2.21. The van der Waals surface area contributed by atoms with Crippen LogP contribution in [-0.2, 0) is 6.54 Å². The lowest BCUT2D eigenvalue weighted by Gasteiger charge is -2.25. The minimum Gasteiger partial charge on any atom is -0.492 e. The third kappa shape index (κ3) is 3.93. The SMILES string of the molecule is CC(C)(CCCN1CCOc2ccccc2C1)C(N)=S. The molecule has 1 heterocycles. The second-order valence-electron chi connectivity index (χ2n) is 6.08. The van der Waals surface area contributed by atoms with Crippen molar-refractivity contribution >= 4 is 17.2 Å². The molecule has 0 bridgehead atoms. The first-order valence-electron chi connectivity index (χ1n) is 7.22. The summed E-state index contributed by atoms with van der Waals surface area (Å²) in [7, 11) is 0. The highest BCUT2D eigenvalue weighted by Crippen LogP contribution is 2.25. The van der Waals surface area contributed by atoms with Gasteiger partial charge in [0.2, 0.25) is 0 Å². The zero-order chi connectivity index (χ0) is 14.6. The van der Waals surface area contributed by atoms with Crippen LogP contribution in [-0.4, -0.2) is 29.6 Å². The van der Waals surface area contributed by atoms with E-state index >= 15 is 0 Å².